The third kappa shape index (κ3) is 6.36. The lowest BCUT2D eigenvalue weighted by Crippen LogP contribution is -2.32. The van der Waals surface area contributed by atoms with Gasteiger partial charge in [0.15, 0.2) is 6.61 Å². The van der Waals surface area contributed by atoms with E-state index in [4.69, 9.17) is 10.5 Å². The molecule has 2 rings (SSSR count). The molecule has 0 saturated carbocycles. The molecule has 0 unspecified atom stereocenters. The Bertz CT molecular complexity index is 837. The highest BCUT2D eigenvalue weighted by Gasteiger charge is 2.12. The zero-order chi connectivity index (χ0) is 18.9. The number of nitrogens with one attached hydrogen (secondary N) is 2. The van der Waals surface area contributed by atoms with Crippen LogP contribution < -0.4 is 21.2 Å². The van der Waals surface area contributed by atoms with Gasteiger partial charge in [-0.1, -0.05) is 22.0 Å². The molecular formula is C17H15BrN4O4. The van der Waals surface area contributed by atoms with Crippen LogP contribution in [0.25, 0.3) is 0 Å². The summed E-state index contributed by atoms with van der Waals surface area (Å²) in [6.07, 6.45) is 1.36. The minimum atomic E-state index is -0.900. The van der Waals surface area contributed by atoms with Gasteiger partial charge in [0, 0.05) is 10.2 Å². The van der Waals surface area contributed by atoms with Crippen LogP contribution >= 0.6 is 15.9 Å². The summed E-state index contributed by atoms with van der Waals surface area (Å²) in [4.78, 5) is 34.1. The largest absolute Gasteiger partial charge is 0.484 e. The Morgan fingerprint density at radius 2 is 1.85 bits per heavy atom. The molecule has 0 fully saturated rings. The van der Waals surface area contributed by atoms with E-state index in [1.165, 1.54) is 6.21 Å². The lowest BCUT2D eigenvalue weighted by Gasteiger charge is -2.04. The average Bonchev–Trinajstić information content (AvgIpc) is 2.61. The molecule has 8 nitrogen and oxygen atoms in total. The number of primary amides is 1. The molecule has 134 valence electrons. The van der Waals surface area contributed by atoms with Crippen LogP contribution in [0.5, 0.6) is 5.75 Å². The summed E-state index contributed by atoms with van der Waals surface area (Å²) in [5.74, 6) is -1.84. The summed E-state index contributed by atoms with van der Waals surface area (Å²) in [6, 6.07) is 13.4. The van der Waals surface area contributed by atoms with Crippen molar-refractivity contribution in [1.29, 1.82) is 0 Å². The fourth-order valence-corrected chi connectivity index (χ4v) is 2.17. The van der Waals surface area contributed by atoms with Gasteiger partial charge < -0.3 is 15.8 Å². The van der Waals surface area contributed by atoms with Crippen LogP contribution in [-0.4, -0.2) is 30.5 Å². The van der Waals surface area contributed by atoms with Crippen LogP contribution in [0, 0.1) is 0 Å². The van der Waals surface area contributed by atoms with Crippen molar-refractivity contribution >= 4 is 45.6 Å². The molecule has 4 N–H and O–H groups in total. The maximum atomic E-state index is 11.8. The van der Waals surface area contributed by atoms with Crippen molar-refractivity contribution in [2.24, 2.45) is 10.8 Å². The lowest BCUT2D eigenvalue weighted by molar-refractivity contribution is -0.136. The van der Waals surface area contributed by atoms with E-state index >= 15 is 0 Å². The number of rotatable bonds is 6. The highest BCUT2D eigenvalue weighted by molar-refractivity contribution is 9.10. The van der Waals surface area contributed by atoms with Crippen LogP contribution in [0.1, 0.15) is 5.56 Å². The molecule has 9 heteroatoms. The van der Waals surface area contributed by atoms with Gasteiger partial charge in [-0.15, -0.1) is 0 Å². The molecule has 0 bridgehead atoms. The Hall–Kier alpha value is -3.20. The van der Waals surface area contributed by atoms with Crippen molar-refractivity contribution in [2.45, 2.75) is 0 Å². The first-order valence-electron chi connectivity index (χ1n) is 7.35. The Morgan fingerprint density at radius 3 is 2.50 bits per heavy atom. The first kappa shape index (κ1) is 19.1. The first-order chi connectivity index (χ1) is 12.4. The number of hydrazone groups is 1. The summed E-state index contributed by atoms with van der Waals surface area (Å²) >= 11 is 3.27. The van der Waals surface area contributed by atoms with Gasteiger partial charge in [0.05, 0.1) is 6.21 Å². The van der Waals surface area contributed by atoms with Crippen molar-refractivity contribution in [2.75, 3.05) is 11.9 Å². The predicted molar refractivity (Wildman–Crippen MR) is 99.6 cm³/mol. The molecular weight excluding hydrogens is 404 g/mol. The molecule has 0 radical (unpaired) electrons. The minimum Gasteiger partial charge on any atom is -0.484 e. The molecule has 0 aliphatic rings. The average molecular weight is 419 g/mol. The minimum absolute atomic E-state index is 0.212. The van der Waals surface area contributed by atoms with Crippen LogP contribution in [0.4, 0.5) is 5.69 Å². The SMILES string of the molecule is NC(=O)COc1ccc(C=NNC(=O)C(=O)Nc2cccc(Br)c2)cc1. The summed E-state index contributed by atoms with van der Waals surface area (Å²) in [5.41, 5.74) is 8.26. The number of carbonyl (C=O) groups excluding carboxylic acids is 3. The number of nitrogens with two attached hydrogens (primary N) is 1. The molecule has 2 aromatic carbocycles. The van der Waals surface area contributed by atoms with E-state index in [2.05, 4.69) is 31.8 Å². The van der Waals surface area contributed by atoms with Crippen molar-refractivity contribution in [3.05, 3.63) is 58.6 Å². The van der Waals surface area contributed by atoms with E-state index < -0.39 is 17.7 Å². The van der Waals surface area contributed by atoms with Crippen molar-refractivity contribution in [3.63, 3.8) is 0 Å². The number of benzene rings is 2. The molecule has 0 atom stereocenters. The predicted octanol–water partition coefficient (Wildman–Crippen LogP) is 1.40. The van der Waals surface area contributed by atoms with Crippen LogP contribution in [-0.2, 0) is 14.4 Å². The Balaban J connectivity index is 1.84. The summed E-state index contributed by atoms with van der Waals surface area (Å²) in [7, 11) is 0. The third-order valence-electron chi connectivity index (χ3n) is 2.93. The van der Waals surface area contributed by atoms with Crippen LogP contribution in [0.3, 0.4) is 0 Å². The van der Waals surface area contributed by atoms with Crippen molar-refractivity contribution in [1.82, 2.24) is 5.43 Å². The first-order valence-corrected chi connectivity index (χ1v) is 8.14. The highest BCUT2D eigenvalue weighted by atomic mass is 79.9. The number of amides is 3. The summed E-state index contributed by atoms with van der Waals surface area (Å²) in [6.45, 7) is -0.212. The Morgan fingerprint density at radius 1 is 1.12 bits per heavy atom. The zero-order valence-corrected chi connectivity index (χ0v) is 15.0. The quantitative estimate of drug-likeness (QED) is 0.372. The van der Waals surface area contributed by atoms with E-state index in [1.807, 2.05) is 0 Å². The maximum absolute atomic E-state index is 11.8. The molecule has 2 aromatic rings. The summed E-state index contributed by atoms with van der Waals surface area (Å²) < 4.78 is 5.89. The van der Waals surface area contributed by atoms with E-state index in [1.54, 1.807) is 48.5 Å². The number of carbonyl (C=O) groups is 3. The van der Waals surface area contributed by atoms with E-state index in [9.17, 15) is 14.4 Å². The Kier molecular flexibility index (Phi) is 6.86. The van der Waals surface area contributed by atoms with Crippen LogP contribution in [0.15, 0.2) is 58.1 Å². The van der Waals surface area contributed by atoms with Crippen molar-refractivity contribution in [3.8, 4) is 5.75 Å². The van der Waals surface area contributed by atoms with Gasteiger partial charge in [0.25, 0.3) is 5.91 Å². The van der Waals surface area contributed by atoms with Crippen LogP contribution in [0.2, 0.25) is 0 Å². The van der Waals surface area contributed by atoms with Gasteiger partial charge in [-0.25, -0.2) is 5.43 Å². The van der Waals surface area contributed by atoms with E-state index in [0.29, 0.717) is 17.0 Å². The molecule has 26 heavy (non-hydrogen) atoms. The zero-order valence-electron chi connectivity index (χ0n) is 13.4. The molecule has 0 heterocycles. The van der Waals surface area contributed by atoms with Gasteiger partial charge in [-0.2, -0.15) is 5.10 Å². The van der Waals surface area contributed by atoms with Gasteiger partial charge in [0.1, 0.15) is 5.75 Å². The highest BCUT2D eigenvalue weighted by Crippen LogP contribution is 2.15. The number of hydrogen-bond acceptors (Lipinski definition) is 5. The fourth-order valence-electron chi connectivity index (χ4n) is 1.77. The summed E-state index contributed by atoms with van der Waals surface area (Å²) in [5, 5.41) is 6.17. The molecule has 0 spiro atoms. The van der Waals surface area contributed by atoms with Gasteiger partial charge in [-0.05, 0) is 48.0 Å². The van der Waals surface area contributed by atoms with Gasteiger partial charge >= 0.3 is 11.8 Å². The molecule has 3 amide bonds. The normalized spacial score (nSPS) is 10.3. The number of ether oxygens (including phenoxy) is 1. The molecule has 0 saturated heterocycles. The van der Waals surface area contributed by atoms with Gasteiger partial charge in [-0.3, -0.25) is 14.4 Å². The topological polar surface area (TPSA) is 123 Å². The fraction of sp³-hybridized carbons (Fsp3) is 0.0588. The number of hydrogen-bond donors (Lipinski definition) is 3. The maximum Gasteiger partial charge on any atom is 0.329 e. The number of nitrogens with zero attached hydrogens (tertiary/aromatic N) is 1. The monoisotopic (exact) mass is 418 g/mol. The number of halogens is 1. The molecule has 0 aliphatic heterocycles. The molecule has 0 aliphatic carbocycles. The smallest absolute Gasteiger partial charge is 0.329 e. The second kappa shape index (κ2) is 9.33. The third-order valence-corrected chi connectivity index (χ3v) is 3.42. The number of anilines is 1. The Labute approximate surface area is 157 Å². The standard InChI is InChI=1S/C17H15BrN4O4/c18-12-2-1-3-13(8-12)21-16(24)17(25)22-20-9-11-4-6-14(7-5-11)26-10-15(19)23/h1-9H,10H2,(H2,19,23)(H,21,24)(H,22,25). The second-order valence-electron chi connectivity index (χ2n) is 4.99. The molecule has 0 aromatic heterocycles. The van der Waals surface area contributed by atoms with Gasteiger partial charge in [0.2, 0.25) is 0 Å². The second-order valence-corrected chi connectivity index (χ2v) is 5.90. The van der Waals surface area contributed by atoms with E-state index in [-0.39, 0.29) is 6.61 Å². The van der Waals surface area contributed by atoms with E-state index in [0.717, 1.165) is 4.47 Å². The lowest BCUT2D eigenvalue weighted by atomic mass is 10.2. The van der Waals surface area contributed by atoms with Crippen molar-refractivity contribution < 1.29 is 19.1 Å².